The third-order valence-corrected chi connectivity index (χ3v) is 2.51. The Hall–Kier alpha value is -1.74. The van der Waals surface area contributed by atoms with Gasteiger partial charge in [-0.1, -0.05) is 12.1 Å². The average Bonchev–Trinajstić information content (AvgIpc) is 2.31. The van der Waals surface area contributed by atoms with Gasteiger partial charge >= 0.3 is 0 Å². The summed E-state index contributed by atoms with van der Waals surface area (Å²) < 4.78 is 13.1. The Kier molecular flexibility index (Phi) is 3.27. The first-order valence-corrected chi connectivity index (χ1v) is 5.14. The van der Waals surface area contributed by atoms with E-state index in [4.69, 9.17) is 0 Å². The number of nitrogens with one attached hydrogen (secondary N) is 1. The first kappa shape index (κ1) is 10.8. The summed E-state index contributed by atoms with van der Waals surface area (Å²) in [5.74, 6) is -0.216. The molecule has 1 aromatic carbocycles. The van der Waals surface area contributed by atoms with Gasteiger partial charge in [0.25, 0.3) is 0 Å². The van der Waals surface area contributed by atoms with Crippen LogP contribution in [0.25, 0.3) is 0 Å². The molecule has 1 unspecified atom stereocenters. The van der Waals surface area contributed by atoms with E-state index in [1.54, 1.807) is 24.5 Å². The molecule has 0 radical (unpaired) electrons. The summed E-state index contributed by atoms with van der Waals surface area (Å²) >= 11 is 0. The number of benzene rings is 1. The monoisotopic (exact) mass is 216 g/mol. The van der Waals surface area contributed by atoms with Crippen LogP contribution < -0.4 is 5.32 Å². The zero-order chi connectivity index (χ0) is 11.4. The summed E-state index contributed by atoms with van der Waals surface area (Å²) in [4.78, 5) is 3.97. The van der Waals surface area contributed by atoms with Gasteiger partial charge in [0.2, 0.25) is 0 Å². The Morgan fingerprint density at radius 1 is 1.12 bits per heavy atom. The Balaban J connectivity index is 2.37. The number of hydrogen-bond acceptors (Lipinski definition) is 2. The highest BCUT2D eigenvalue weighted by molar-refractivity contribution is 5.30. The second-order valence-electron chi connectivity index (χ2n) is 3.56. The second kappa shape index (κ2) is 4.86. The van der Waals surface area contributed by atoms with E-state index in [9.17, 15) is 4.39 Å². The lowest BCUT2D eigenvalue weighted by Gasteiger charge is -2.16. The fourth-order valence-corrected chi connectivity index (χ4v) is 1.77. The van der Waals surface area contributed by atoms with E-state index < -0.39 is 0 Å². The first-order valence-electron chi connectivity index (χ1n) is 5.14. The topological polar surface area (TPSA) is 24.9 Å². The van der Waals surface area contributed by atoms with Crippen molar-refractivity contribution in [2.75, 3.05) is 7.05 Å². The molecule has 82 valence electrons. The van der Waals surface area contributed by atoms with Crippen LogP contribution in [0.1, 0.15) is 17.2 Å². The molecule has 16 heavy (non-hydrogen) atoms. The number of hydrogen-bond donors (Lipinski definition) is 1. The van der Waals surface area contributed by atoms with Crippen molar-refractivity contribution >= 4 is 0 Å². The number of halogens is 1. The summed E-state index contributed by atoms with van der Waals surface area (Å²) in [5, 5.41) is 3.17. The van der Waals surface area contributed by atoms with Crippen LogP contribution in [0.15, 0.2) is 48.8 Å². The van der Waals surface area contributed by atoms with Crippen molar-refractivity contribution in [2.45, 2.75) is 6.04 Å². The Labute approximate surface area is 94.2 Å². The van der Waals surface area contributed by atoms with Crippen LogP contribution in [0.5, 0.6) is 0 Å². The predicted octanol–water partition coefficient (Wildman–Crippen LogP) is 2.53. The van der Waals surface area contributed by atoms with Crippen molar-refractivity contribution in [2.24, 2.45) is 0 Å². The molecule has 1 atom stereocenters. The summed E-state index contributed by atoms with van der Waals surface area (Å²) in [5.41, 5.74) is 1.98. The van der Waals surface area contributed by atoms with Crippen LogP contribution in [0.3, 0.4) is 0 Å². The third-order valence-electron chi connectivity index (χ3n) is 2.51. The van der Waals surface area contributed by atoms with Gasteiger partial charge in [0.15, 0.2) is 0 Å². The standard InChI is InChI=1S/C13H13FN2/c1-15-13(10-5-7-16-8-6-10)11-3-2-4-12(14)9-11/h2-9,13,15H,1H3. The van der Waals surface area contributed by atoms with Crippen LogP contribution in [-0.4, -0.2) is 12.0 Å². The van der Waals surface area contributed by atoms with Gasteiger partial charge in [-0.25, -0.2) is 4.39 Å². The highest BCUT2D eigenvalue weighted by Gasteiger charge is 2.11. The van der Waals surface area contributed by atoms with Crippen LogP contribution >= 0.6 is 0 Å². The fraction of sp³-hybridized carbons (Fsp3) is 0.154. The van der Waals surface area contributed by atoms with Gasteiger partial charge in [0.05, 0.1) is 6.04 Å². The van der Waals surface area contributed by atoms with Crippen LogP contribution in [0.2, 0.25) is 0 Å². The molecule has 0 fully saturated rings. The lowest BCUT2D eigenvalue weighted by Crippen LogP contribution is -2.17. The van der Waals surface area contributed by atoms with E-state index in [0.717, 1.165) is 11.1 Å². The van der Waals surface area contributed by atoms with E-state index in [2.05, 4.69) is 10.3 Å². The Morgan fingerprint density at radius 3 is 2.50 bits per heavy atom. The maximum absolute atomic E-state index is 13.1. The summed E-state index contributed by atoms with van der Waals surface area (Å²) in [7, 11) is 1.86. The largest absolute Gasteiger partial charge is 0.309 e. The quantitative estimate of drug-likeness (QED) is 0.852. The Morgan fingerprint density at radius 2 is 1.88 bits per heavy atom. The molecule has 1 heterocycles. The summed E-state index contributed by atoms with van der Waals surface area (Å²) in [6, 6.07) is 10.5. The van der Waals surface area contributed by atoms with Gasteiger partial charge in [-0.3, -0.25) is 4.98 Å². The molecule has 1 aromatic heterocycles. The minimum absolute atomic E-state index is 0.00120. The van der Waals surface area contributed by atoms with Crippen LogP contribution in [0, 0.1) is 5.82 Å². The lowest BCUT2D eigenvalue weighted by atomic mass is 10.00. The summed E-state index contributed by atoms with van der Waals surface area (Å²) in [6.07, 6.45) is 3.47. The Bertz CT molecular complexity index is 456. The van der Waals surface area contributed by atoms with Gasteiger partial charge in [-0.05, 0) is 42.4 Å². The number of rotatable bonds is 3. The molecule has 2 nitrogen and oxygen atoms in total. The number of nitrogens with zero attached hydrogens (tertiary/aromatic N) is 1. The van der Waals surface area contributed by atoms with E-state index >= 15 is 0 Å². The predicted molar refractivity (Wildman–Crippen MR) is 61.5 cm³/mol. The normalized spacial score (nSPS) is 12.4. The zero-order valence-electron chi connectivity index (χ0n) is 9.02. The lowest BCUT2D eigenvalue weighted by molar-refractivity contribution is 0.616. The maximum Gasteiger partial charge on any atom is 0.123 e. The molecule has 0 aliphatic heterocycles. The van der Waals surface area contributed by atoms with Crippen molar-refractivity contribution in [3.05, 3.63) is 65.7 Å². The molecule has 0 saturated carbocycles. The molecule has 0 amide bonds. The molecule has 0 aliphatic rings. The third kappa shape index (κ3) is 2.25. The average molecular weight is 216 g/mol. The van der Waals surface area contributed by atoms with Crippen LogP contribution in [0.4, 0.5) is 4.39 Å². The van der Waals surface area contributed by atoms with Crippen molar-refractivity contribution in [1.29, 1.82) is 0 Å². The minimum atomic E-state index is -0.216. The highest BCUT2D eigenvalue weighted by Crippen LogP contribution is 2.21. The minimum Gasteiger partial charge on any atom is -0.309 e. The van der Waals surface area contributed by atoms with Crippen molar-refractivity contribution < 1.29 is 4.39 Å². The van der Waals surface area contributed by atoms with Gasteiger partial charge < -0.3 is 5.32 Å². The van der Waals surface area contributed by atoms with Gasteiger partial charge in [0.1, 0.15) is 5.82 Å². The van der Waals surface area contributed by atoms with E-state index in [0.29, 0.717) is 0 Å². The van der Waals surface area contributed by atoms with Gasteiger partial charge in [0, 0.05) is 12.4 Å². The SMILES string of the molecule is CNC(c1ccncc1)c1cccc(F)c1. The summed E-state index contributed by atoms with van der Waals surface area (Å²) in [6.45, 7) is 0. The molecule has 0 saturated heterocycles. The molecule has 2 rings (SSSR count). The zero-order valence-corrected chi connectivity index (χ0v) is 9.02. The van der Waals surface area contributed by atoms with Gasteiger partial charge in [-0.2, -0.15) is 0 Å². The van der Waals surface area contributed by atoms with E-state index in [1.165, 1.54) is 6.07 Å². The molecular formula is C13H13FN2. The number of aromatic nitrogens is 1. The molecule has 0 bridgehead atoms. The van der Waals surface area contributed by atoms with Gasteiger partial charge in [-0.15, -0.1) is 0 Å². The van der Waals surface area contributed by atoms with E-state index in [-0.39, 0.29) is 11.9 Å². The van der Waals surface area contributed by atoms with Crippen molar-refractivity contribution in [3.63, 3.8) is 0 Å². The smallest absolute Gasteiger partial charge is 0.123 e. The second-order valence-corrected chi connectivity index (χ2v) is 3.56. The maximum atomic E-state index is 13.1. The molecule has 0 aliphatic carbocycles. The number of pyridine rings is 1. The molecule has 3 heteroatoms. The molecule has 2 aromatic rings. The fourth-order valence-electron chi connectivity index (χ4n) is 1.77. The highest BCUT2D eigenvalue weighted by atomic mass is 19.1. The van der Waals surface area contributed by atoms with Crippen molar-refractivity contribution in [1.82, 2.24) is 10.3 Å². The van der Waals surface area contributed by atoms with Crippen molar-refractivity contribution in [3.8, 4) is 0 Å². The molecule has 1 N–H and O–H groups in total. The van der Waals surface area contributed by atoms with Crippen LogP contribution in [-0.2, 0) is 0 Å². The molecular weight excluding hydrogens is 203 g/mol. The van der Waals surface area contributed by atoms with E-state index in [1.807, 2.05) is 25.2 Å². The molecule has 0 spiro atoms. The first-order chi connectivity index (χ1) is 7.81.